The largest absolute Gasteiger partial charge is 0.384 e. The van der Waals surface area contributed by atoms with Crippen molar-refractivity contribution < 1.29 is 9.59 Å². The van der Waals surface area contributed by atoms with Crippen LogP contribution >= 0.6 is 0 Å². The number of fused-ring (bicyclic) bond motifs is 1. The number of carbonyl (C=O) groups is 2. The zero-order chi connectivity index (χ0) is 16.5. The molecule has 5 heteroatoms. The maximum atomic E-state index is 12.6. The molecule has 5 nitrogen and oxygen atoms in total. The van der Waals surface area contributed by atoms with Crippen LogP contribution in [0.4, 0.5) is 11.4 Å². The number of nitrogens with one attached hydrogen (secondary N) is 3. The van der Waals surface area contributed by atoms with Crippen molar-refractivity contribution in [2.75, 3.05) is 17.2 Å². The maximum absolute atomic E-state index is 12.6. The highest BCUT2D eigenvalue weighted by atomic mass is 16.2. The third-order valence-electron chi connectivity index (χ3n) is 4.41. The van der Waals surface area contributed by atoms with E-state index in [0.29, 0.717) is 16.8 Å². The minimum atomic E-state index is -0.198. The van der Waals surface area contributed by atoms with Gasteiger partial charge in [0.1, 0.15) is 0 Å². The monoisotopic (exact) mass is 321 g/mol. The van der Waals surface area contributed by atoms with E-state index >= 15 is 0 Å². The molecule has 2 aromatic carbocycles. The van der Waals surface area contributed by atoms with Gasteiger partial charge >= 0.3 is 0 Å². The Morgan fingerprint density at radius 1 is 1.04 bits per heavy atom. The average Bonchev–Trinajstić information content (AvgIpc) is 3.28. The van der Waals surface area contributed by atoms with Gasteiger partial charge in [-0.3, -0.25) is 9.59 Å². The fraction of sp³-hybridized carbons (Fsp3) is 0.263. The Balaban J connectivity index is 1.54. The second-order valence-electron chi connectivity index (χ2n) is 6.30. The summed E-state index contributed by atoms with van der Waals surface area (Å²) in [5.41, 5.74) is 3.90. The minimum absolute atomic E-state index is 0.133. The van der Waals surface area contributed by atoms with Crippen molar-refractivity contribution >= 4 is 23.2 Å². The van der Waals surface area contributed by atoms with Crippen molar-refractivity contribution in [3.05, 3.63) is 59.2 Å². The van der Waals surface area contributed by atoms with E-state index < -0.39 is 0 Å². The highest BCUT2D eigenvalue weighted by molar-refractivity contribution is 6.09. The molecule has 0 saturated heterocycles. The molecule has 2 aliphatic rings. The normalized spacial score (nSPS) is 15.3. The Morgan fingerprint density at radius 2 is 1.88 bits per heavy atom. The Labute approximate surface area is 140 Å². The summed E-state index contributed by atoms with van der Waals surface area (Å²) in [7, 11) is 0. The van der Waals surface area contributed by atoms with Crippen LogP contribution < -0.4 is 16.0 Å². The molecule has 2 amide bonds. The van der Waals surface area contributed by atoms with E-state index in [9.17, 15) is 9.59 Å². The molecule has 1 heterocycles. The minimum Gasteiger partial charge on any atom is -0.384 e. The lowest BCUT2D eigenvalue weighted by Crippen LogP contribution is -2.27. The Bertz CT molecular complexity index is 812. The van der Waals surface area contributed by atoms with Crippen LogP contribution in [0.15, 0.2) is 42.5 Å². The van der Waals surface area contributed by atoms with Crippen molar-refractivity contribution in [1.29, 1.82) is 0 Å². The number of hydrogen-bond acceptors (Lipinski definition) is 3. The Hall–Kier alpha value is -2.82. The lowest BCUT2D eigenvalue weighted by atomic mass is 10.1. The Morgan fingerprint density at radius 3 is 2.71 bits per heavy atom. The fourth-order valence-corrected chi connectivity index (χ4v) is 2.92. The van der Waals surface area contributed by atoms with Gasteiger partial charge in [-0.1, -0.05) is 12.1 Å². The molecule has 1 saturated carbocycles. The molecule has 0 radical (unpaired) electrons. The standard InChI is InChI=1S/C19H19N3O2/c23-18(13-5-8-16-12(11-13)9-10-20-16)22-17-4-2-1-3-15(17)19(24)21-14-6-7-14/h1-5,8,11,14,20H,6-7,9-10H2,(H,21,24)(H,22,23). The number of rotatable bonds is 4. The Kier molecular flexibility index (Phi) is 3.69. The molecule has 0 aromatic heterocycles. The van der Waals surface area contributed by atoms with Crippen LogP contribution in [-0.2, 0) is 6.42 Å². The molecular weight excluding hydrogens is 302 g/mol. The first kappa shape index (κ1) is 14.8. The molecule has 0 unspecified atom stereocenters. The van der Waals surface area contributed by atoms with E-state index in [4.69, 9.17) is 0 Å². The summed E-state index contributed by atoms with van der Waals surface area (Å²) in [6.07, 6.45) is 2.99. The zero-order valence-electron chi connectivity index (χ0n) is 13.3. The summed E-state index contributed by atoms with van der Waals surface area (Å²) in [6.45, 7) is 0.907. The lowest BCUT2D eigenvalue weighted by Gasteiger charge is -2.11. The fourth-order valence-electron chi connectivity index (χ4n) is 2.92. The molecule has 2 aromatic rings. The van der Waals surface area contributed by atoms with Crippen LogP contribution in [0.2, 0.25) is 0 Å². The quantitative estimate of drug-likeness (QED) is 0.811. The lowest BCUT2D eigenvalue weighted by molar-refractivity contribution is 0.0952. The second-order valence-corrected chi connectivity index (χ2v) is 6.30. The summed E-state index contributed by atoms with van der Waals surface area (Å²) in [4.78, 5) is 24.9. The van der Waals surface area contributed by atoms with E-state index in [0.717, 1.165) is 37.1 Å². The topological polar surface area (TPSA) is 70.2 Å². The molecule has 1 aliphatic carbocycles. The van der Waals surface area contributed by atoms with Crippen LogP contribution in [0.25, 0.3) is 0 Å². The molecule has 0 spiro atoms. The molecule has 4 rings (SSSR count). The number of para-hydroxylation sites is 1. The maximum Gasteiger partial charge on any atom is 0.255 e. The van der Waals surface area contributed by atoms with Crippen LogP contribution in [-0.4, -0.2) is 24.4 Å². The molecule has 3 N–H and O–H groups in total. The van der Waals surface area contributed by atoms with E-state index in [1.165, 1.54) is 0 Å². The van der Waals surface area contributed by atoms with Gasteiger partial charge in [0.25, 0.3) is 11.8 Å². The summed E-state index contributed by atoms with van der Waals surface area (Å²) in [6, 6.07) is 13.0. The smallest absolute Gasteiger partial charge is 0.255 e. The molecule has 0 atom stereocenters. The molecule has 0 bridgehead atoms. The van der Waals surface area contributed by atoms with Crippen LogP contribution in [0.3, 0.4) is 0 Å². The third kappa shape index (κ3) is 2.97. The van der Waals surface area contributed by atoms with E-state index in [1.54, 1.807) is 24.3 Å². The van der Waals surface area contributed by atoms with Gasteiger partial charge in [0, 0.05) is 23.8 Å². The number of carbonyl (C=O) groups excluding carboxylic acids is 2. The van der Waals surface area contributed by atoms with Crippen LogP contribution in [0.5, 0.6) is 0 Å². The number of benzene rings is 2. The predicted molar refractivity (Wildman–Crippen MR) is 93.5 cm³/mol. The molecule has 24 heavy (non-hydrogen) atoms. The molecule has 1 aliphatic heterocycles. The van der Waals surface area contributed by atoms with Crippen molar-refractivity contribution in [3.8, 4) is 0 Å². The number of anilines is 2. The number of hydrogen-bond donors (Lipinski definition) is 3. The first-order chi connectivity index (χ1) is 11.7. The van der Waals surface area contributed by atoms with E-state index in [1.807, 2.05) is 18.2 Å². The van der Waals surface area contributed by atoms with Gasteiger partial charge in [-0.05, 0) is 55.2 Å². The van der Waals surface area contributed by atoms with Gasteiger partial charge in [0.05, 0.1) is 11.3 Å². The van der Waals surface area contributed by atoms with Crippen LogP contribution in [0.1, 0.15) is 39.1 Å². The van der Waals surface area contributed by atoms with Crippen molar-refractivity contribution in [2.24, 2.45) is 0 Å². The highest BCUT2D eigenvalue weighted by Gasteiger charge is 2.25. The summed E-state index contributed by atoms with van der Waals surface area (Å²) in [5.74, 6) is -0.331. The second kappa shape index (κ2) is 6.00. The van der Waals surface area contributed by atoms with Crippen molar-refractivity contribution in [1.82, 2.24) is 5.32 Å². The van der Waals surface area contributed by atoms with Crippen LogP contribution in [0, 0.1) is 0 Å². The molecule has 122 valence electrons. The van der Waals surface area contributed by atoms with Crippen molar-refractivity contribution in [2.45, 2.75) is 25.3 Å². The SMILES string of the molecule is O=C(Nc1ccccc1C(=O)NC1CC1)c1ccc2c(c1)CCN2. The summed E-state index contributed by atoms with van der Waals surface area (Å²) in [5, 5.41) is 9.11. The zero-order valence-corrected chi connectivity index (χ0v) is 13.3. The summed E-state index contributed by atoms with van der Waals surface area (Å²) < 4.78 is 0. The van der Waals surface area contributed by atoms with Gasteiger partial charge in [-0.15, -0.1) is 0 Å². The van der Waals surface area contributed by atoms with E-state index in [-0.39, 0.29) is 17.9 Å². The van der Waals surface area contributed by atoms with Gasteiger partial charge in [-0.25, -0.2) is 0 Å². The molecular formula is C19H19N3O2. The average molecular weight is 321 g/mol. The highest BCUT2D eigenvalue weighted by Crippen LogP contribution is 2.25. The third-order valence-corrected chi connectivity index (χ3v) is 4.41. The predicted octanol–water partition coefficient (Wildman–Crippen LogP) is 2.80. The summed E-state index contributed by atoms with van der Waals surface area (Å²) >= 11 is 0. The van der Waals surface area contributed by atoms with Gasteiger partial charge in [-0.2, -0.15) is 0 Å². The van der Waals surface area contributed by atoms with Gasteiger partial charge in [0.15, 0.2) is 0 Å². The molecule has 1 fully saturated rings. The van der Waals surface area contributed by atoms with E-state index in [2.05, 4.69) is 16.0 Å². The van der Waals surface area contributed by atoms with Gasteiger partial charge in [0.2, 0.25) is 0 Å². The van der Waals surface area contributed by atoms with Crippen molar-refractivity contribution in [3.63, 3.8) is 0 Å². The number of amides is 2. The first-order valence-corrected chi connectivity index (χ1v) is 8.29. The first-order valence-electron chi connectivity index (χ1n) is 8.29. The van der Waals surface area contributed by atoms with Gasteiger partial charge < -0.3 is 16.0 Å².